The Morgan fingerprint density at radius 3 is 2.88 bits per heavy atom. The Labute approximate surface area is 107 Å². The van der Waals surface area contributed by atoms with Crippen molar-refractivity contribution >= 4 is 21.6 Å². The maximum absolute atomic E-state index is 13.2. The fourth-order valence-corrected chi connectivity index (χ4v) is 1.76. The fourth-order valence-electron chi connectivity index (χ4n) is 1.42. The molecule has 90 valence electrons. The maximum Gasteiger partial charge on any atom is 0.136 e. The van der Waals surface area contributed by atoms with E-state index >= 15 is 0 Å². The lowest BCUT2D eigenvalue weighted by atomic mass is 10.3. The van der Waals surface area contributed by atoms with Gasteiger partial charge in [0.25, 0.3) is 0 Å². The van der Waals surface area contributed by atoms with E-state index in [1.807, 2.05) is 6.07 Å². The molecule has 0 spiro atoms. The zero-order chi connectivity index (χ0) is 12.3. The van der Waals surface area contributed by atoms with Crippen LogP contribution in [0.4, 0.5) is 10.1 Å². The SMILES string of the molecule is COc1cc(F)cc(NCc2occc2Br)c1. The zero-order valence-corrected chi connectivity index (χ0v) is 10.8. The molecule has 0 saturated heterocycles. The lowest BCUT2D eigenvalue weighted by Crippen LogP contribution is -1.99. The molecule has 0 aliphatic rings. The summed E-state index contributed by atoms with van der Waals surface area (Å²) in [6.07, 6.45) is 1.59. The lowest BCUT2D eigenvalue weighted by molar-refractivity contribution is 0.411. The van der Waals surface area contributed by atoms with Crippen LogP contribution in [-0.2, 0) is 6.54 Å². The third kappa shape index (κ3) is 3.00. The van der Waals surface area contributed by atoms with Crippen LogP contribution >= 0.6 is 15.9 Å². The van der Waals surface area contributed by atoms with Gasteiger partial charge in [-0.25, -0.2) is 4.39 Å². The number of methoxy groups -OCH3 is 1. The van der Waals surface area contributed by atoms with Crippen LogP contribution in [-0.4, -0.2) is 7.11 Å². The van der Waals surface area contributed by atoms with Crippen molar-refractivity contribution in [1.29, 1.82) is 0 Å². The Kier molecular flexibility index (Phi) is 3.68. The average Bonchev–Trinajstić information content (AvgIpc) is 2.71. The largest absolute Gasteiger partial charge is 0.497 e. The van der Waals surface area contributed by atoms with Gasteiger partial charge in [-0.05, 0) is 28.1 Å². The van der Waals surface area contributed by atoms with Gasteiger partial charge in [0.2, 0.25) is 0 Å². The quantitative estimate of drug-likeness (QED) is 0.932. The van der Waals surface area contributed by atoms with Gasteiger partial charge in [0, 0.05) is 17.8 Å². The molecule has 0 atom stereocenters. The summed E-state index contributed by atoms with van der Waals surface area (Å²) in [5.74, 6) is 0.893. The van der Waals surface area contributed by atoms with E-state index < -0.39 is 0 Å². The molecule has 0 radical (unpaired) electrons. The van der Waals surface area contributed by atoms with Gasteiger partial charge in [-0.2, -0.15) is 0 Å². The monoisotopic (exact) mass is 299 g/mol. The van der Waals surface area contributed by atoms with Crippen molar-refractivity contribution in [2.45, 2.75) is 6.54 Å². The third-order valence-electron chi connectivity index (χ3n) is 2.25. The van der Waals surface area contributed by atoms with E-state index in [1.54, 1.807) is 12.3 Å². The van der Waals surface area contributed by atoms with E-state index in [-0.39, 0.29) is 5.82 Å². The summed E-state index contributed by atoms with van der Waals surface area (Å²) in [5, 5.41) is 3.06. The van der Waals surface area contributed by atoms with Gasteiger partial charge in [0.15, 0.2) is 0 Å². The number of rotatable bonds is 4. The second-order valence-electron chi connectivity index (χ2n) is 3.43. The van der Waals surface area contributed by atoms with E-state index in [2.05, 4.69) is 21.2 Å². The average molecular weight is 300 g/mol. The molecule has 1 aromatic carbocycles. The summed E-state index contributed by atoms with van der Waals surface area (Å²) in [6, 6.07) is 6.26. The predicted molar refractivity (Wildman–Crippen MR) is 66.7 cm³/mol. The highest BCUT2D eigenvalue weighted by atomic mass is 79.9. The van der Waals surface area contributed by atoms with Crippen LogP contribution in [0, 0.1) is 5.82 Å². The van der Waals surface area contributed by atoms with E-state index in [9.17, 15) is 4.39 Å². The molecule has 0 bridgehead atoms. The van der Waals surface area contributed by atoms with Crippen molar-refractivity contribution in [1.82, 2.24) is 0 Å². The van der Waals surface area contributed by atoms with E-state index in [4.69, 9.17) is 9.15 Å². The number of anilines is 1. The number of nitrogens with one attached hydrogen (secondary N) is 1. The second-order valence-corrected chi connectivity index (χ2v) is 4.28. The van der Waals surface area contributed by atoms with Crippen LogP contribution in [0.15, 0.2) is 39.4 Å². The van der Waals surface area contributed by atoms with E-state index in [0.717, 1.165) is 10.2 Å². The molecule has 0 saturated carbocycles. The number of benzene rings is 1. The molecule has 1 heterocycles. The Morgan fingerprint density at radius 1 is 1.41 bits per heavy atom. The Hall–Kier alpha value is -1.49. The first-order valence-electron chi connectivity index (χ1n) is 4.99. The summed E-state index contributed by atoms with van der Waals surface area (Å²) in [5.41, 5.74) is 0.644. The molecule has 17 heavy (non-hydrogen) atoms. The first-order valence-corrected chi connectivity index (χ1v) is 5.78. The van der Waals surface area contributed by atoms with Crippen molar-refractivity contribution in [2.24, 2.45) is 0 Å². The van der Waals surface area contributed by atoms with Gasteiger partial charge in [0.05, 0.1) is 24.4 Å². The van der Waals surface area contributed by atoms with Crippen molar-refractivity contribution < 1.29 is 13.5 Å². The van der Waals surface area contributed by atoms with Crippen LogP contribution in [0.2, 0.25) is 0 Å². The van der Waals surface area contributed by atoms with Crippen molar-refractivity contribution in [3.8, 4) is 5.75 Å². The van der Waals surface area contributed by atoms with Crippen LogP contribution in [0.5, 0.6) is 5.75 Å². The minimum Gasteiger partial charge on any atom is -0.497 e. The maximum atomic E-state index is 13.2. The van der Waals surface area contributed by atoms with Crippen LogP contribution in [0.25, 0.3) is 0 Å². The van der Waals surface area contributed by atoms with Crippen molar-refractivity contribution in [3.63, 3.8) is 0 Å². The molecule has 0 aliphatic heterocycles. The zero-order valence-electron chi connectivity index (χ0n) is 9.17. The molecule has 0 aliphatic carbocycles. The van der Waals surface area contributed by atoms with Gasteiger partial charge < -0.3 is 14.5 Å². The molecule has 2 aromatic rings. The molecule has 0 amide bonds. The summed E-state index contributed by atoms with van der Waals surface area (Å²) < 4.78 is 24.3. The van der Waals surface area contributed by atoms with E-state index in [1.165, 1.54) is 19.2 Å². The summed E-state index contributed by atoms with van der Waals surface area (Å²) in [4.78, 5) is 0. The van der Waals surface area contributed by atoms with Crippen LogP contribution in [0.1, 0.15) is 5.76 Å². The van der Waals surface area contributed by atoms with Crippen LogP contribution < -0.4 is 10.1 Å². The van der Waals surface area contributed by atoms with Crippen molar-refractivity contribution in [3.05, 3.63) is 46.6 Å². The smallest absolute Gasteiger partial charge is 0.136 e. The molecule has 5 heteroatoms. The van der Waals surface area contributed by atoms with Gasteiger partial charge in [0.1, 0.15) is 17.3 Å². The fraction of sp³-hybridized carbons (Fsp3) is 0.167. The highest BCUT2D eigenvalue weighted by Crippen LogP contribution is 2.22. The number of ether oxygens (including phenoxy) is 1. The van der Waals surface area contributed by atoms with Gasteiger partial charge in [-0.1, -0.05) is 0 Å². The standard InChI is InChI=1S/C12H11BrFNO2/c1-16-10-5-8(14)4-9(6-10)15-7-12-11(13)2-3-17-12/h2-6,15H,7H2,1H3. The topological polar surface area (TPSA) is 34.4 Å². The third-order valence-corrected chi connectivity index (χ3v) is 2.96. The minimum atomic E-state index is -0.342. The van der Waals surface area contributed by atoms with E-state index in [0.29, 0.717) is 18.0 Å². The number of hydrogen-bond acceptors (Lipinski definition) is 3. The Bertz CT molecular complexity index is 513. The second kappa shape index (κ2) is 5.23. The summed E-state index contributed by atoms with van der Waals surface area (Å²) >= 11 is 3.35. The van der Waals surface area contributed by atoms with Gasteiger partial charge in [-0.15, -0.1) is 0 Å². The first kappa shape index (κ1) is 12.0. The summed E-state index contributed by atoms with van der Waals surface area (Å²) in [6.45, 7) is 0.472. The molecule has 2 rings (SSSR count). The number of furan rings is 1. The Morgan fingerprint density at radius 2 is 2.24 bits per heavy atom. The van der Waals surface area contributed by atoms with Gasteiger partial charge in [-0.3, -0.25) is 0 Å². The predicted octanol–water partition coefficient (Wildman–Crippen LogP) is 3.80. The minimum absolute atomic E-state index is 0.342. The number of hydrogen-bond donors (Lipinski definition) is 1. The van der Waals surface area contributed by atoms with Crippen molar-refractivity contribution in [2.75, 3.05) is 12.4 Å². The Balaban J connectivity index is 2.09. The number of halogens is 2. The molecule has 1 N–H and O–H groups in total. The highest BCUT2D eigenvalue weighted by molar-refractivity contribution is 9.10. The molecule has 1 aromatic heterocycles. The highest BCUT2D eigenvalue weighted by Gasteiger charge is 2.05. The molecule has 3 nitrogen and oxygen atoms in total. The normalized spacial score (nSPS) is 10.3. The molecular weight excluding hydrogens is 289 g/mol. The molecular formula is C12H11BrFNO2. The van der Waals surface area contributed by atoms with Gasteiger partial charge >= 0.3 is 0 Å². The van der Waals surface area contributed by atoms with Crippen LogP contribution in [0.3, 0.4) is 0 Å². The first-order chi connectivity index (χ1) is 8.19. The molecule has 0 unspecified atom stereocenters. The lowest BCUT2D eigenvalue weighted by Gasteiger charge is -2.07. The molecule has 0 fully saturated rings. The summed E-state index contributed by atoms with van der Waals surface area (Å²) in [7, 11) is 1.50.